The molecule has 1 aromatic heterocycles. The molecule has 0 atom stereocenters. The van der Waals surface area contributed by atoms with Crippen LogP contribution in [0.2, 0.25) is 0 Å². The molecule has 1 aliphatic rings. The molecule has 6 nitrogen and oxygen atoms in total. The normalized spacial score (nSPS) is 15.3. The van der Waals surface area contributed by atoms with E-state index in [4.69, 9.17) is 10.5 Å². The minimum atomic E-state index is 0.307. The van der Waals surface area contributed by atoms with Crippen molar-refractivity contribution in [2.75, 3.05) is 43.2 Å². The molecule has 0 saturated carbocycles. The number of nitrogens with zero attached hydrogens (tertiary/aromatic N) is 4. The smallest absolute Gasteiger partial charge is 0.231 e. The fourth-order valence-electron chi connectivity index (χ4n) is 1.85. The van der Waals surface area contributed by atoms with Crippen LogP contribution < -0.4 is 10.6 Å². The summed E-state index contributed by atoms with van der Waals surface area (Å²) in [6, 6.07) is 0. The third kappa shape index (κ3) is 3.71. The number of nitrogen functional groups attached to an aromatic ring is 1. The van der Waals surface area contributed by atoms with Crippen LogP contribution in [0.5, 0.6) is 0 Å². The molecule has 100 valence electrons. The first-order chi connectivity index (χ1) is 8.79. The molecule has 1 aromatic rings. The van der Waals surface area contributed by atoms with E-state index in [1.165, 1.54) is 12.8 Å². The Hall–Kier alpha value is -1.08. The van der Waals surface area contributed by atoms with Crippen molar-refractivity contribution < 1.29 is 4.74 Å². The van der Waals surface area contributed by atoms with Gasteiger partial charge in [0.25, 0.3) is 0 Å². The van der Waals surface area contributed by atoms with Crippen molar-refractivity contribution in [2.24, 2.45) is 0 Å². The van der Waals surface area contributed by atoms with Crippen LogP contribution in [-0.4, -0.2) is 47.5 Å². The molecule has 7 heteroatoms. The number of thioether (sulfide) groups is 1. The molecule has 2 rings (SSSR count). The van der Waals surface area contributed by atoms with Gasteiger partial charge in [-0.2, -0.15) is 15.0 Å². The largest absolute Gasteiger partial charge is 0.385 e. The molecule has 2 N–H and O–H groups in total. The number of aromatic nitrogens is 3. The summed E-state index contributed by atoms with van der Waals surface area (Å²) >= 11 is 1.60. The third-order valence-electron chi connectivity index (χ3n) is 2.73. The van der Waals surface area contributed by atoms with Gasteiger partial charge >= 0.3 is 0 Å². The summed E-state index contributed by atoms with van der Waals surface area (Å²) in [6.07, 6.45) is 3.37. The van der Waals surface area contributed by atoms with E-state index in [1.54, 1.807) is 18.9 Å². The highest BCUT2D eigenvalue weighted by molar-refractivity contribution is 7.99. The molecular formula is C11H19N5OS. The third-order valence-corrected chi connectivity index (χ3v) is 3.67. The zero-order valence-corrected chi connectivity index (χ0v) is 11.4. The van der Waals surface area contributed by atoms with Crippen LogP contribution in [0.25, 0.3) is 0 Å². The van der Waals surface area contributed by atoms with Gasteiger partial charge in [-0.3, -0.25) is 0 Å². The second kappa shape index (κ2) is 6.75. The van der Waals surface area contributed by atoms with Gasteiger partial charge < -0.3 is 15.4 Å². The summed E-state index contributed by atoms with van der Waals surface area (Å²) in [5.41, 5.74) is 5.73. The highest BCUT2D eigenvalue weighted by Crippen LogP contribution is 2.20. The first-order valence-electron chi connectivity index (χ1n) is 6.18. The van der Waals surface area contributed by atoms with E-state index in [2.05, 4.69) is 19.9 Å². The summed E-state index contributed by atoms with van der Waals surface area (Å²) in [5, 5.41) is 0.709. The van der Waals surface area contributed by atoms with Gasteiger partial charge in [-0.05, 0) is 19.3 Å². The Bertz CT molecular complexity index is 384. The number of methoxy groups -OCH3 is 1. The zero-order valence-electron chi connectivity index (χ0n) is 10.6. The van der Waals surface area contributed by atoms with E-state index in [-0.39, 0.29) is 0 Å². The van der Waals surface area contributed by atoms with Crippen molar-refractivity contribution in [1.82, 2.24) is 15.0 Å². The first kappa shape index (κ1) is 13.4. The number of anilines is 2. The van der Waals surface area contributed by atoms with Crippen molar-refractivity contribution in [1.29, 1.82) is 0 Å². The molecule has 1 fully saturated rings. The van der Waals surface area contributed by atoms with Crippen molar-refractivity contribution >= 4 is 23.7 Å². The minimum absolute atomic E-state index is 0.307. The van der Waals surface area contributed by atoms with Crippen LogP contribution >= 0.6 is 11.8 Å². The Morgan fingerprint density at radius 2 is 2.06 bits per heavy atom. The molecule has 1 saturated heterocycles. The predicted octanol–water partition coefficient (Wildman–Crippen LogP) is 1.18. The maximum atomic E-state index is 5.73. The Morgan fingerprint density at radius 3 is 2.78 bits per heavy atom. The summed E-state index contributed by atoms with van der Waals surface area (Å²) in [4.78, 5) is 15.0. The average molecular weight is 269 g/mol. The van der Waals surface area contributed by atoms with Crippen LogP contribution in [0.4, 0.5) is 11.9 Å². The van der Waals surface area contributed by atoms with E-state index in [0.717, 1.165) is 31.9 Å². The van der Waals surface area contributed by atoms with Crippen molar-refractivity contribution in [3.63, 3.8) is 0 Å². The van der Waals surface area contributed by atoms with Gasteiger partial charge in [0.15, 0.2) is 5.16 Å². The molecule has 0 radical (unpaired) electrons. The molecule has 0 unspecified atom stereocenters. The lowest BCUT2D eigenvalue weighted by Gasteiger charge is -2.15. The minimum Gasteiger partial charge on any atom is -0.385 e. The maximum Gasteiger partial charge on any atom is 0.231 e. The lowest BCUT2D eigenvalue weighted by Crippen LogP contribution is -2.21. The van der Waals surface area contributed by atoms with E-state index in [0.29, 0.717) is 17.1 Å². The maximum absolute atomic E-state index is 5.73. The SMILES string of the molecule is COCCCSc1nc(N)nc(N2CCCC2)n1. The molecule has 2 heterocycles. The molecule has 0 aliphatic carbocycles. The molecule has 0 amide bonds. The molecule has 0 aromatic carbocycles. The van der Waals surface area contributed by atoms with Crippen LogP contribution in [0.3, 0.4) is 0 Å². The van der Waals surface area contributed by atoms with Gasteiger partial charge in [0, 0.05) is 32.6 Å². The van der Waals surface area contributed by atoms with Gasteiger partial charge in [0.2, 0.25) is 11.9 Å². The van der Waals surface area contributed by atoms with Gasteiger partial charge in [0.05, 0.1) is 0 Å². The average Bonchev–Trinajstić information content (AvgIpc) is 2.88. The van der Waals surface area contributed by atoms with Crippen LogP contribution in [0, 0.1) is 0 Å². The van der Waals surface area contributed by atoms with E-state index >= 15 is 0 Å². The fraction of sp³-hybridized carbons (Fsp3) is 0.727. The van der Waals surface area contributed by atoms with Crippen LogP contribution in [0.1, 0.15) is 19.3 Å². The van der Waals surface area contributed by atoms with E-state index in [1.807, 2.05) is 0 Å². The number of hydrogen-bond donors (Lipinski definition) is 1. The molecule has 0 bridgehead atoms. The van der Waals surface area contributed by atoms with Crippen molar-refractivity contribution in [2.45, 2.75) is 24.4 Å². The fourth-order valence-corrected chi connectivity index (χ4v) is 2.60. The quantitative estimate of drug-likeness (QED) is 0.613. The Morgan fingerprint density at radius 1 is 1.28 bits per heavy atom. The highest BCUT2D eigenvalue weighted by Gasteiger charge is 2.16. The lowest BCUT2D eigenvalue weighted by molar-refractivity contribution is 0.200. The highest BCUT2D eigenvalue weighted by atomic mass is 32.2. The monoisotopic (exact) mass is 269 g/mol. The van der Waals surface area contributed by atoms with Crippen LogP contribution in [0.15, 0.2) is 5.16 Å². The first-order valence-corrected chi connectivity index (χ1v) is 7.16. The summed E-state index contributed by atoms with van der Waals surface area (Å²) in [5.74, 6) is 1.95. The van der Waals surface area contributed by atoms with Gasteiger partial charge in [-0.1, -0.05) is 11.8 Å². The Labute approximate surface area is 111 Å². The summed E-state index contributed by atoms with van der Waals surface area (Å²) in [7, 11) is 1.71. The number of ether oxygens (including phenoxy) is 1. The number of rotatable bonds is 6. The standard InChI is InChI=1S/C11H19N5OS/c1-17-7-4-8-18-11-14-9(12)13-10(15-11)16-5-2-3-6-16/h2-8H2,1H3,(H2,12,13,14,15). The predicted molar refractivity (Wildman–Crippen MR) is 72.9 cm³/mol. The van der Waals surface area contributed by atoms with Gasteiger partial charge in [0.1, 0.15) is 0 Å². The summed E-state index contributed by atoms with van der Waals surface area (Å²) in [6.45, 7) is 2.78. The van der Waals surface area contributed by atoms with Crippen LogP contribution in [-0.2, 0) is 4.74 Å². The molecular weight excluding hydrogens is 250 g/mol. The van der Waals surface area contributed by atoms with Crippen molar-refractivity contribution in [3.8, 4) is 0 Å². The topological polar surface area (TPSA) is 77.2 Å². The molecule has 0 spiro atoms. The molecule has 1 aliphatic heterocycles. The second-order valence-corrected chi connectivity index (χ2v) is 5.23. The van der Waals surface area contributed by atoms with Gasteiger partial charge in [-0.25, -0.2) is 0 Å². The zero-order chi connectivity index (χ0) is 12.8. The number of nitrogens with two attached hydrogens (primary N) is 1. The summed E-state index contributed by atoms with van der Waals surface area (Å²) < 4.78 is 5.01. The van der Waals surface area contributed by atoms with Gasteiger partial charge in [-0.15, -0.1) is 0 Å². The Balaban J connectivity index is 1.97. The number of hydrogen-bond acceptors (Lipinski definition) is 7. The second-order valence-electron chi connectivity index (χ2n) is 4.17. The Kier molecular flexibility index (Phi) is 5.00. The van der Waals surface area contributed by atoms with E-state index in [9.17, 15) is 0 Å². The van der Waals surface area contributed by atoms with Crippen molar-refractivity contribution in [3.05, 3.63) is 0 Å². The van der Waals surface area contributed by atoms with E-state index < -0.39 is 0 Å². The molecule has 18 heavy (non-hydrogen) atoms. The lowest BCUT2D eigenvalue weighted by atomic mass is 10.4.